The number of carbonyl (C=O) groups excluding carboxylic acids is 2. The molecule has 1 aromatic heterocycles. The van der Waals surface area contributed by atoms with Gasteiger partial charge in [-0.15, -0.1) is 5.10 Å². The summed E-state index contributed by atoms with van der Waals surface area (Å²) in [5.74, 6) is 0.702. The Kier molecular flexibility index (Phi) is 6.78. The number of carbonyl (C=O) groups is 2. The summed E-state index contributed by atoms with van der Waals surface area (Å²) in [5, 5.41) is 20.2. The standard InChI is InChI=1S/C24H23N7O3/c1-31-23(28-29-30-31)17-6-5-7-19(14-17)25-15-22(32)26-18-12-10-16(11-13-18)24(33)27-20-8-3-4-9-21(20)34-2/h3-14,25H,15H2,1-2H3,(H,26,32)(H,27,33). The number of ether oxygens (including phenoxy) is 1. The van der Waals surface area contributed by atoms with Crippen LogP contribution < -0.4 is 20.7 Å². The van der Waals surface area contributed by atoms with Crippen LogP contribution in [0.2, 0.25) is 0 Å². The van der Waals surface area contributed by atoms with Crippen molar-refractivity contribution >= 4 is 28.9 Å². The van der Waals surface area contributed by atoms with Crippen LogP contribution in [0.1, 0.15) is 10.4 Å². The highest BCUT2D eigenvalue weighted by Gasteiger charge is 2.11. The van der Waals surface area contributed by atoms with E-state index in [1.54, 1.807) is 55.2 Å². The average Bonchev–Trinajstić information content (AvgIpc) is 3.29. The molecule has 0 aliphatic rings. The number of nitrogens with zero attached hydrogens (tertiary/aromatic N) is 4. The lowest BCUT2D eigenvalue weighted by atomic mass is 10.2. The Morgan fingerprint density at radius 2 is 1.74 bits per heavy atom. The van der Waals surface area contributed by atoms with Gasteiger partial charge in [0.15, 0.2) is 5.82 Å². The quantitative estimate of drug-likeness (QED) is 0.371. The molecule has 0 saturated heterocycles. The Bertz CT molecular complexity index is 1300. The molecule has 10 nitrogen and oxygen atoms in total. The number of para-hydroxylation sites is 2. The molecule has 0 aliphatic carbocycles. The van der Waals surface area contributed by atoms with E-state index in [4.69, 9.17) is 4.74 Å². The summed E-state index contributed by atoms with van der Waals surface area (Å²) in [4.78, 5) is 24.9. The topological polar surface area (TPSA) is 123 Å². The molecule has 172 valence electrons. The maximum Gasteiger partial charge on any atom is 0.255 e. The van der Waals surface area contributed by atoms with Gasteiger partial charge in [-0.3, -0.25) is 9.59 Å². The second kappa shape index (κ2) is 10.3. The summed E-state index contributed by atoms with van der Waals surface area (Å²) in [7, 11) is 3.31. The van der Waals surface area contributed by atoms with Crippen LogP contribution in [0.25, 0.3) is 11.4 Å². The molecule has 0 saturated carbocycles. The van der Waals surface area contributed by atoms with Gasteiger partial charge in [-0.25, -0.2) is 4.68 Å². The zero-order valence-electron chi connectivity index (χ0n) is 18.6. The van der Waals surface area contributed by atoms with Crippen molar-refractivity contribution in [2.45, 2.75) is 0 Å². The van der Waals surface area contributed by atoms with E-state index in [-0.39, 0.29) is 18.4 Å². The molecular formula is C24H23N7O3. The highest BCUT2D eigenvalue weighted by molar-refractivity contribution is 6.05. The minimum Gasteiger partial charge on any atom is -0.495 e. The van der Waals surface area contributed by atoms with Crippen molar-refractivity contribution in [3.05, 3.63) is 78.4 Å². The normalized spacial score (nSPS) is 10.4. The molecule has 4 rings (SSSR count). The number of benzene rings is 3. The molecule has 4 aromatic rings. The molecule has 3 aromatic carbocycles. The third-order valence-electron chi connectivity index (χ3n) is 4.98. The van der Waals surface area contributed by atoms with Crippen LogP contribution in [-0.4, -0.2) is 45.7 Å². The van der Waals surface area contributed by atoms with E-state index in [1.807, 2.05) is 36.4 Å². The molecule has 1 heterocycles. The van der Waals surface area contributed by atoms with Gasteiger partial charge in [0.25, 0.3) is 5.91 Å². The predicted molar refractivity (Wildman–Crippen MR) is 129 cm³/mol. The Balaban J connectivity index is 1.32. The molecule has 0 fully saturated rings. The van der Waals surface area contributed by atoms with Crippen LogP contribution in [0.5, 0.6) is 5.75 Å². The summed E-state index contributed by atoms with van der Waals surface area (Å²) >= 11 is 0. The number of hydrogen-bond donors (Lipinski definition) is 3. The van der Waals surface area contributed by atoms with Crippen LogP contribution in [0.15, 0.2) is 72.8 Å². The maximum atomic E-state index is 12.5. The number of amides is 2. The van der Waals surface area contributed by atoms with Crippen molar-refractivity contribution in [1.29, 1.82) is 0 Å². The second-order valence-electron chi connectivity index (χ2n) is 7.34. The van der Waals surface area contributed by atoms with Gasteiger partial charge in [0, 0.05) is 29.5 Å². The van der Waals surface area contributed by atoms with Crippen molar-refractivity contribution in [1.82, 2.24) is 20.2 Å². The fraction of sp³-hybridized carbons (Fsp3) is 0.125. The summed E-state index contributed by atoms with van der Waals surface area (Å²) < 4.78 is 6.83. The highest BCUT2D eigenvalue weighted by atomic mass is 16.5. The first-order valence-corrected chi connectivity index (χ1v) is 10.4. The first kappa shape index (κ1) is 22.5. The van der Waals surface area contributed by atoms with Crippen LogP contribution in [0.4, 0.5) is 17.1 Å². The fourth-order valence-corrected chi connectivity index (χ4v) is 3.28. The second-order valence-corrected chi connectivity index (χ2v) is 7.34. The summed E-state index contributed by atoms with van der Waals surface area (Å²) in [5.41, 5.74) is 3.22. The Morgan fingerprint density at radius 3 is 2.47 bits per heavy atom. The zero-order valence-corrected chi connectivity index (χ0v) is 18.6. The molecule has 34 heavy (non-hydrogen) atoms. The smallest absolute Gasteiger partial charge is 0.255 e. The van der Waals surface area contributed by atoms with E-state index in [9.17, 15) is 9.59 Å². The van der Waals surface area contributed by atoms with Crippen molar-refractivity contribution < 1.29 is 14.3 Å². The lowest BCUT2D eigenvalue weighted by Gasteiger charge is -2.11. The monoisotopic (exact) mass is 457 g/mol. The van der Waals surface area contributed by atoms with Gasteiger partial charge in [0.2, 0.25) is 5.91 Å². The van der Waals surface area contributed by atoms with Crippen LogP contribution in [0.3, 0.4) is 0 Å². The fourth-order valence-electron chi connectivity index (χ4n) is 3.28. The van der Waals surface area contributed by atoms with Gasteiger partial charge in [0.1, 0.15) is 5.75 Å². The minimum atomic E-state index is -0.276. The summed E-state index contributed by atoms with van der Waals surface area (Å²) in [6, 6.07) is 21.3. The largest absolute Gasteiger partial charge is 0.495 e. The maximum absolute atomic E-state index is 12.5. The first-order chi connectivity index (χ1) is 16.5. The molecule has 3 N–H and O–H groups in total. The Morgan fingerprint density at radius 1 is 0.941 bits per heavy atom. The molecule has 0 unspecified atom stereocenters. The molecule has 2 amide bonds. The van der Waals surface area contributed by atoms with Crippen LogP contribution in [0, 0.1) is 0 Å². The molecular weight excluding hydrogens is 434 g/mol. The van der Waals surface area contributed by atoms with E-state index in [2.05, 4.69) is 31.5 Å². The number of rotatable bonds is 8. The van der Waals surface area contributed by atoms with Gasteiger partial charge >= 0.3 is 0 Å². The first-order valence-electron chi connectivity index (χ1n) is 10.4. The number of anilines is 3. The molecule has 0 radical (unpaired) electrons. The number of nitrogens with one attached hydrogen (secondary N) is 3. The Labute approximate surface area is 195 Å². The number of methoxy groups -OCH3 is 1. The van der Waals surface area contributed by atoms with Crippen molar-refractivity contribution in [2.75, 3.05) is 29.6 Å². The minimum absolute atomic E-state index is 0.0660. The molecule has 0 aliphatic heterocycles. The number of tetrazole rings is 1. The zero-order chi connectivity index (χ0) is 23.9. The molecule has 0 spiro atoms. The van der Waals surface area contributed by atoms with Crippen molar-refractivity contribution in [3.8, 4) is 17.1 Å². The van der Waals surface area contributed by atoms with Gasteiger partial charge in [-0.2, -0.15) is 0 Å². The number of hydrogen-bond acceptors (Lipinski definition) is 7. The summed E-state index contributed by atoms with van der Waals surface area (Å²) in [6.45, 7) is 0.0660. The average molecular weight is 457 g/mol. The Hall–Kier alpha value is -4.73. The predicted octanol–water partition coefficient (Wildman–Crippen LogP) is 3.19. The van der Waals surface area contributed by atoms with Crippen molar-refractivity contribution in [3.63, 3.8) is 0 Å². The van der Waals surface area contributed by atoms with Gasteiger partial charge in [-0.1, -0.05) is 24.3 Å². The van der Waals surface area contributed by atoms with Gasteiger partial charge < -0.3 is 20.7 Å². The number of aryl methyl sites for hydroxylation is 1. The van der Waals surface area contributed by atoms with Gasteiger partial charge in [0.05, 0.1) is 19.3 Å². The summed E-state index contributed by atoms with van der Waals surface area (Å²) in [6.07, 6.45) is 0. The van der Waals surface area contributed by atoms with Gasteiger partial charge in [-0.05, 0) is 59.0 Å². The van der Waals surface area contributed by atoms with E-state index >= 15 is 0 Å². The lowest BCUT2D eigenvalue weighted by molar-refractivity contribution is -0.114. The van der Waals surface area contributed by atoms with Crippen molar-refractivity contribution in [2.24, 2.45) is 7.05 Å². The van der Waals surface area contributed by atoms with Crippen LogP contribution >= 0.6 is 0 Å². The lowest BCUT2D eigenvalue weighted by Crippen LogP contribution is -2.21. The highest BCUT2D eigenvalue weighted by Crippen LogP contribution is 2.24. The SMILES string of the molecule is COc1ccccc1NC(=O)c1ccc(NC(=O)CNc2cccc(-c3nnnn3C)c2)cc1. The van der Waals surface area contributed by atoms with E-state index < -0.39 is 0 Å². The van der Waals surface area contributed by atoms with E-state index in [0.717, 1.165) is 11.3 Å². The molecule has 0 atom stereocenters. The van der Waals surface area contributed by atoms with Crippen LogP contribution in [-0.2, 0) is 11.8 Å². The van der Waals surface area contributed by atoms with E-state index in [1.165, 1.54) is 0 Å². The molecule has 10 heteroatoms. The molecule has 0 bridgehead atoms. The third-order valence-corrected chi connectivity index (χ3v) is 4.98. The van der Waals surface area contributed by atoms with E-state index in [0.29, 0.717) is 28.5 Å². The number of aromatic nitrogens is 4. The third kappa shape index (κ3) is 5.36.